The summed E-state index contributed by atoms with van der Waals surface area (Å²) in [6.07, 6.45) is 2.10. The lowest BCUT2D eigenvalue weighted by molar-refractivity contribution is -0.142. The number of nitrogens with zero attached hydrogens (tertiary/aromatic N) is 1. The molecule has 0 radical (unpaired) electrons. The minimum Gasteiger partial charge on any atom is -0.467 e. The smallest absolute Gasteiger partial charge is 0.328 e. The van der Waals surface area contributed by atoms with E-state index in [-0.39, 0.29) is 5.91 Å². The van der Waals surface area contributed by atoms with Gasteiger partial charge in [0, 0.05) is 11.6 Å². The lowest BCUT2D eigenvalue weighted by Crippen LogP contribution is -2.41. The Morgan fingerprint density at radius 3 is 2.75 bits per heavy atom. The molecule has 0 saturated carbocycles. The molecule has 20 heavy (non-hydrogen) atoms. The number of hydrogen-bond acceptors (Lipinski definition) is 4. The molecule has 0 spiro atoms. The average molecular weight is 272 g/mol. The number of carbonyl (C=O) groups is 2. The van der Waals surface area contributed by atoms with E-state index in [1.54, 1.807) is 18.3 Å². The van der Waals surface area contributed by atoms with E-state index in [1.807, 2.05) is 25.1 Å². The summed E-state index contributed by atoms with van der Waals surface area (Å²) < 4.78 is 4.66. The molecule has 2 rings (SSSR count). The number of carbonyl (C=O) groups excluding carboxylic acids is 2. The van der Waals surface area contributed by atoms with Crippen LogP contribution in [-0.2, 0) is 9.53 Å². The maximum absolute atomic E-state index is 12.3. The number of rotatable bonds is 4. The summed E-state index contributed by atoms with van der Waals surface area (Å²) >= 11 is 0. The Balaban J connectivity index is 2.30. The normalized spacial score (nSPS) is 11.9. The molecule has 0 fully saturated rings. The van der Waals surface area contributed by atoms with Crippen molar-refractivity contribution in [3.63, 3.8) is 0 Å². The number of pyridine rings is 1. The predicted molar refractivity (Wildman–Crippen MR) is 75.3 cm³/mol. The van der Waals surface area contributed by atoms with Crippen molar-refractivity contribution in [2.75, 3.05) is 7.11 Å². The number of para-hydroxylation sites is 1. The molecule has 5 nitrogen and oxygen atoms in total. The van der Waals surface area contributed by atoms with Gasteiger partial charge in [-0.2, -0.15) is 0 Å². The van der Waals surface area contributed by atoms with Crippen LogP contribution >= 0.6 is 0 Å². The molecule has 1 aromatic heterocycles. The first kappa shape index (κ1) is 14.0. The highest BCUT2D eigenvalue weighted by Gasteiger charge is 2.21. The van der Waals surface area contributed by atoms with E-state index in [2.05, 4.69) is 15.0 Å². The number of amides is 1. The van der Waals surface area contributed by atoms with Crippen LogP contribution in [0.15, 0.2) is 36.5 Å². The second kappa shape index (κ2) is 6.14. The molecule has 0 aliphatic carbocycles. The number of ether oxygens (including phenoxy) is 1. The van der Waals surface area contributed by atoms with Crippen molar-refractivity contribution >= 4 is 22.8 Å². The highest BCUT2D eigenvalue weighted by molar-refractivity contribution is 6.06. The van der Waals surface area contributed by atoms with E-state index in [4.69, 9.17) is 0 Å². The third-order valence-electron chi connectivity index (χ3n) is 3.08. The Labute approximate surface area is 117 Å². The van der Waals surface area contributed by atoms with Gasteiger partial charge in [-0.3, -0.25) is 9.78 Å². The molecule has 0 aliphatic heterocycles. The first-order valence-electron chi connectivity index (χ1n) is 6.39. The monoisotopic (exact) mass is 272 g/mol. The summed E-state index contributed by atoms with van der Waals surface area (Å²) in [4.78, 5) is 28.0. The standard InChI is InChI=1S/C15H16N2O3/c1-3-12(15(19)20-2)17-14(18)11-8-4-6-10-7-5-9-16-13(10)11/h4-9,12H,3H2,1-2H3,(H,17,18)/t12-/m1/s1. The lowest BCUT2D eigenvalue weighted by Gasteiger charge is -2.15. The molecule has 0 unspecified atom stereocenters. The van der Waals surface area contributed by atoms with E-state index >= 15 is 0 Å². The molecular weight excluding hydrogens is 256 g/mol. The quantitative estimate of drug-likeness (QED) is 0.863. The summed E-state index contributed by atoms with van der Waals surface area (Å²) in [6, 6.07) is 8.42. The molecule has 1 aromatic carbocycles. The van der Waals surface area contributed by atoms with Gasteiger partial charge in [0.25, 0.3) is 5.91 Å². The van der Waals surface area contributed by atoms with Gasteiger partial charge in [0.05, 0.1) is 18.2 Å². The Morgan fingerprint density at radius 1 is 1.30 bits per heavy atom. The maximum atomic E-state index is 12.3. The molecule has 0 bridgehead atoms. The summed E-state index contributed by atoms with van der Waals surface area (Å²) in [6.45, 7) is 1.81. The largest absolute Gasteiger partial charge is 0.467 e. The van der Waals surface area contributed by atoms with E-state index in [0.717, 1.165) is 5.39 Å². The Morgan fingerprint density at radius 2 is 2.05 bits per heavy atom. The molecule has 1 amide bonds. The zero-order valence-electron chi connectivity index (χ0n) is 11.4. The zero-order valence-corrected chi connectivity index (χ0v) is 11.4. The van der Waals surface area contributed by atoms with Gasteiger partial charge < -0.3 is 10.1 Å². The molecule has 2 aromatic rings. The van der Waals surface area contributed by atoms with Crippen molar-refractivity contribution in [3.8, 4) is 0 Å². The molecule has 104 valence electrons. The van der Waals surface area contributed by atoms with Crippen LogP contribution in [0.25, 0.3) is 10.9 Å². The van der Waals surface area contributed by atoms with Gasteiger partial charge in [-0.1, -0.05) is 25.1 Å². The van der Waals surface area contributed by atoms with Crippen molar-refractivity contribution in [2.24, 2.45) is 0 Å². The molecule has 1 heterocycles. The number of methoxy groups -OCH3 is 1. The number of hydrogen-bond donors (Lipinski definition) is 1. The van der Waals surface area contributed by atoms with Crippen LogP contribution in [0, 0.1) is 0 Å². The minimum atomic E-state index is -0.647. The van der Waals surface area contributed by atoms with Crippen LogP contribution < -0.4 is 5.32 Å². The Hall–Kier alpha value is -2.43. The van der Waals surface area contributed by atoms with Crippen molar-refractivity contribution in [2.45, 2.75) is 19.4 Å². The fraction of sp³-hybridized carbons (Fsp3) is 0.267. The third-order valence-corrected chi connectivity index (χ3v) is 3.08. The molecule has 1 N–H and O–H groups in total. The SMILES string of the molecule is CC[C@@H](NC(=O)c1cccc2cccnc12)C(=O)OC. The first-order chi connectivity index (χ1) is 9.67. The van der Waals surface area contributed by atoms with Crippen LogP contribution in [0.5, 0.6) is 0 Å². The summed E-state index contributed by atoms with van der Waals surface area (Å²) in [5.41, 5.74) is 1.07. The molecule has 0 saturated heterocycles. The van der Waals surface area contributed by atoms with Crippen LogP contribution in [0.4, 0.5) is 0 Å². The second-order valence-electron chi connectivity index (χ2n) is 4.34. The van der Waals surface area contributed by atoms with Crippen molar-refractivity contribution < 1.29 is 14.3 Å². The van der Waals surface area contributed by atoms with Crippen LogP contribution in [0.2, 0.25) is 0 Å². The predicted octanol–water partition coefficient (Wildman–Crippen LogP) is 1.92. The zero-order chi connectivity index (χ0) is 14.5. The highest BCUT2D eigenvalue weighted by Crippen LogP contribution is 2.16. The van der Waals surface area contributed by atoms with Gasteiger partial charge in [-0.25, -0.2) is 4.79 Å². The number of aromatic nitrogens is 1. The van der Waals surface area contributed by atoms with Gasteiger partial charge in [0.15, 0.2) is 0 Å². The van der Waals surface area contributed by atoms with E-state index in [1.165, 1.54) is 7.11 Å². The molecular formula is C15H16N2O3. The number of nitrogens with one attached hydrogen (secondary N) is 1. The van der Waals surface area contributed by atoms with Gasteiger partial charge in [-0.15, -0.1) is 0 Å². The second-order valence-corrected chi connectivity index (χ2v) is 4.34. The average Bonchev–Trinajstić information content (AvgIpc) is 2.51. The highest BCUT2D eigenvalue weighted by atomic mass is 16.5. The molecule has 0 aliphatic rings. The lowest BCUT2D eigenvalue weighted by atomic mass is 10.1. The topological polar surface area (TPSA) is 68.3 Å². The molecule has 5 heteroatoms. The van der Waals surface area contributed by atoms with E-state index in [0.29, 0.717) is 17.5 Å². The molecule has 1 atom stereocenters. The van der Waals surface area contributed by atoms with Crippen LogP contribution in [-0.4, -0.2) is 30.0 Å². The van der Waals surface area contributed by atoms with Gasteiger partial charge in [0.1, 0.15) is 6.04 Å². The minimum absolute atomic E-state index is 0.327. The summed E-state index contributed by atoms with van der Waals surface area (Å²) in [5.74, 6) is -0.777. The summed E-state index contributed by atoms with van der Waals surface area (Å²) in [7, 11) is 1.30. The van der Waals surface area contributed by atoms with Crippen LogP contribution in [0.3, 0.4) is 0 Å². The maximum Gasteiger partial charge on any atom is 0.328 e. The first-order valence-corrected chi connectivity index (χ1v) is 6.39. The fourth-order valence-electron chi connectivity index (χ4n) is 1.99. The van der Waals surface area contributed by atoms with Crippen LogP contribution in [0.1, 0.15) is 23.7 Å². The van der Waals surface area contributed by atoms with E-state index < -0.39 is 12.0 Å². The van der Waals surface area contributed by atoms with Crippen molar-refractivity contribution in [1.29, 1.82) is 0 Å². The van der Waals surface area contributed by atoms with Gasteiger partial charge in [0.2, 0.25) is 0 Å². The van der Waals surface area contributed by atoms with Gasteiger partial charge in [-0.05, 0) is 18.6 Å². The Bertz CT molecular complexity index is 635. The summed E-state index contributed by atoms with van der Waals surface area (Å²) in [5, 5.41) is 3.55. The van der Waals surface area contributed by atoms with Crippen molar-refractivity contribution in [1.82, 2.24) is 10.3 Å². The number of fused-ring (bicyclic) bond motifs is 1. The Kier molecular flexibility index (Phi) is 4.30. The van der Waals surface area contributed by atoms with Gasteiger partial charge >= 0.3 is 5.97 Å². The number of esters is 1. The van der Waals surface area contributed by atoms with E-state index in [9.17, 15) is 9.59 Å². The van der Waals surface area contributed by atoms with Crippen molar-refractivity contribution in [3.05, 3.63) is 42.1 Å². The number of benzene rings is 1. The fourth-order valence-corrected chi connectivity index (χ4v) is 1.99. The third kappa shape index (κ3) is 2.77.